The number of fused-ring (bicyclic) bond motifs is 1. The minimum absolute atomic E-state index is 0.189. The molecule has 0 fully saturated rings. The lowest BCUT2D eigenvalue weighted by atomic mass is 10.2. The van der Waals surface area contributed by atoms with Crippen molar-refractivity contribution < 1.29 is 17.9 Å². The standard InChI is InChI=1S/C24H31N3O4S2/c1-4-15-26(16-5-2)33(29,30)20-13-11-19(12-14-20)23(28)25-24-27(17-18-31-6-3)21-9-7-8-10-22(21)32-24/h7-14H,4-6,15-18H2,1-3H3. The molecule has 0 radical (unpaired) electrons. The van der Waals surface area contributed by atoms with E-state index in [-0.39, 0.29) is 4.90 Å². The summed E-state index contributed by atoms with van der Waals surface area (Å²) in [6.45, 7) is 8.53. The molecule has 0 unspecified atom stereocenters. The number of aromatic nitrogens is 1. The molecule has 7 nitrogen and oxygen atoms in total. The molecule has 2 aromatic carbocycles. The molecule has 0 N–H and O–H groups in total. The Morgan fingerprint density at radius 2 is 1.70 bits per heavy atom. The van der Waals surface area contributed by atoms with Gasteiger partial charge in [0.2, 0.25) is 10.0 Å². The number of benzene rings is 2. The maximum Gasteiger partial charge on any atom is 0.279 e. The highest BCUT2D eigenvalue weighted by molar-refractivity contribution is 7.89. The van der Waals surface area contributed by atoms with Gasteiger partial charge >= 0.3 is 0 Å². The zero-order valence-corrected chi connectivity index (χ0v) is 21.0. The van der Waals surface area contributed by atoms with Crippen LogP contribution in [0, 0.1) is 0 Å². The number of carbonyl (C=O) groups is 1. The zero-order chi connectivity index (χ0) is 23.8. The summed E-state index contributed by atoms with van der Waals surface area (Å²) in [6.07, 6.45) is 1.49. The number of nitrogens with zero attached hydrogens (tertiary/aromatic N) is 3. The Morgan fingerprint density at radius 3 is 2.33 bits per heavy atom. The van der Waals surface area contributed by atoms with Crippen molar-refractivity contribution in [3.05, 3.63) is 58.9 Å². The second kappa shape index (κ2) is 11.7. The Balaban J connectivity index is 1.91. The number of thiazole rings is 1. The lowest BCUT2D eigenvalue weighted by Gasteiger charge is -2.21. The Hall–Kier alpha value is -2.33. The maximum absolute atomic E-state index is 13.0. The maximum atomic E-state index is 13.0. The van der Waals surface area contributed by atoms with E-state index in [1.54, 1.807) is 0 Å². The number of hydrogen-bond donors (Lipinski definition) is 0. The molecule has 0 aliphatic rings. The van der Waals surface area contributed by atoms with Crippen molar-refractivity contribution >= 4 is 37.5 Å². The second-order valence-corrected chi connectivity index (χ2v) is 10.5. The minimum Gasteiger partial charge on any atom is -0.380 e. The van der Waals surface area contributed by atoms with Crippen molar-refractivity contribution in [2.75, 3.05) is 26.3 Å². The van der Waals surface area contributed by atoms with Gasteiger partial charge in [-0.3, -0.25) is 4.79 Å². The van der Waals surface area contributed by atoms with Crippen molar-refractivity contribution in [3.63, 3.8) is 0 Å². The molecule has 33 heavy (non-hydrogen) atoms. The van der Waals surface area contributed by atoms with Crippen molar-refractivity contribution in [2.24, 2.45) is 4.99 Å². The molecule has 9 heteroatoms. The van der Waals surface area contributed by atoms with Crippen LogP contribution < -0.4 is 4.80 Å². The van der Waals surface area contributed by atoms with Crippen LogP contribution in [0.4, 0.5) is 0 Å². The van der Waals surface area contributed by atoms with Crippen LogP contribution in [0.15, 0.2) is 58.4 Å². The summed E-state index contributed by atoms with van der Waals surface area (Å²) in [5.41, 5.74) is 1.35. The highest BCUT2D eigenvalue weighted by Crippen LogP contribution is 2.19. The SMILES string of the molecule is CCCN(CCC)S(=O)(=O)c1ccc(C(=O)N=c2sc3ccccc3n2CCOCC)cc1. The van der Waals surface area contributed by atoms with Gasteiger partial charge < -0.3 is 9.30 Å². The number of para-hydroxylation sites is 1. The third-order valence-electron chi connectivity index (χ3n) is 5.13. The molecule has 3 rings (SSSR count). The van der Waals surface area contributed by atoms with Gasteiger partial charge in [0.05, 0.1) is 21.7 Å². The van der Waals surface area contributed by atoms with E-state index in [0.717, 1.165) is 23.1 Å². The summed E-state index contributed by atoms with van der Waals surface area (Å²) in [5, 5.41) is 0. The normalized spacial score (nSPS) is 12.7. The molecule has 0 aliphatic heterocycles. The van der Waals surface area contributed by atoms with Gasteiger partial charge in [0.1, 0.15) is 0 Å². The predicted molar refractivity (Wildman–Crippen MR) is 132 cm³/mol. The number of ether oxygens (including phenoxy) is 1. The zero-order valence-electron chi connectivity index (χ0n) is 19.4. The Labute approximate surface area is 199 Å². The van der Waals surface area contributed by atoms with Gasteiger partial charge in [0, 0.05) is 31.8 Å². The molecule has 178 valence electrons. The summed E-state index contributed by atoms with van der Waals surface area (Å²) in [5.74, 6) is -0.408. The molecule has 1 heterocycles. The molecule has 0 saturated heterocycles. The van der Waals surface area contributed by atoms with Crippen LogP contribution >= 0.6 is 11.3 Å². The molecule has 0 saturated carbocycles. The average Bonchev–Trinajstić information content (AvgIpc) is 3.16. The number of hydrogen-bond acceptors (Lipinski definition) is 5. The quantitative estimate of drug-likeness (QED) is 0.376. The smallest absolute Gasteiger partial charge is 0.279 e. The third kappa shape index (κ3) is 5.97. The van der Waals surface area contributed by atoms with E-state index in [2.05, 4.69) is 4.99 Å². The van der Waals surface area contributed by atoms with Gasteiger partial charge in [0.15, 0.2) is 4.80 Å². The lowest BCUT2D eigenvalue weighted by molar-refractivity contribution is 0.0996. The first kappa shape index (κ1) is 25.3. The fourth-order valence-corrected chi connectivity index (χ4v) is 6.22. The van der Waals surface area contributed by atoms with Crippen LogP contribution in [0.5, 0.6) is 0 Å². The summed E-state index contributed by atoms with van der Waals surface area (Å²) >= 11 is 1.44. The van der Waals surface area contributed by atoms with Gasteiger partial charge in [-0.2, -0.15) is 9.30 Å². The largest absolute Gasteiger partial charge is 0.380 e. The second-order valence-electron chi connectivity index (χ2n) is 7.55. The van der Waals surface area contributed by atoms with Crippen molar-refractivity contribution in [1.82, 2.24) is 8.87 Å². The summed E-state index contributed by atoms with van der Waals surface area (Å²) in [7, 11) is -3.59. The van der Waals surface area contributed by atoms with E-state index in [4.69, 9.17) is 4.74 Å². The molecule has 0 bridgehead atoms. The Bertz CT molecular complexity index is 1240. The molecule has 1 aromatic heterocycles. The van der Waals surface area contributed by atoms with E-state index >= 15 is 0 Å². The first-order valence-corrected chi connectivity index (χ1v) is 13.5. The van der Waals surface area contributed by atoms with E-state index in [0.29, 0.717) is 43.2 Å². The molecule has 3 aromatic rings. The van der Waals surface area contributed by atoms with Gasteiger partial charge in [-0.25, -0.2) is 8.42 Å². The molecule has 0 aliphatic carbocycles. The summed E-state index contributed by atoms with van der Waals surface area (Å²) in [6, 6.07) is 14.0. The first-order valence-electron chi connectivity index (χ1n) is 11.3. The Morgan fingerprint density at radius 1 is 1.03 bits per heavy atom. The van der Waals surface area contributed by atoms with Gasteiger partial charge in [-0.15, -0.1) is 0 Å². The molecular weight excluding hydrogens is 458 g/mol. The van der Waals surface area contributed by atoms with Gasteiger partial charge in [-0.1, -0.05) is 37.3 Å². The predicted octanol–water partition coefficient (Wildman–Crippen LogP) is 4.29. The number of rotatable bonds is 11. The van der Waals surface area contributed by atoms with E-state index in [1.807, 2.05) is 49.6 Å². The fourth-order valence-electron chi connectivity index (χ4n) is 3.54. The summed E-state index contributed by atoms with van der Waals surface area (Å²) < 4.78 is 35.9. The van der Waals surface area contributed by atoms with Gasteiger partial charge in [0.25, 0.3) is 5.91 Å². The van der Waals surface area contributed by atoms with Crippen LogP contribution in [0.1, 0.15) is 44.0 Å². The summed E-state index contributed by atoms with van der Waals surface area (Å²) in [4.78, 5) is 18.0. The van der Waals surface area contributed by atoms with Crippen LogP contribution in [0.3, 0.4) is 0 Å². The minimum atomic E-state index is -3.59. The lowest BCUT2D eigenvalue weighted by Crippen LogP contribution is -2.32. The van der Waals surface area contributed by atoms with Crippen LogP contribution in [0.2, 0.25) is 0 Å². The van der Waals surface area contributed by atoms with E-state index < -0.39 is 15.9 Å². The van der Waals surface area contributed by atoms with Crippen molar-refractivity contribution in [1.29, 1.82) is 0 Å². The van der Waals surface area contributed by atoms with Crippen molar-refractivity contribution in [3.8, 4) is 0 Å². The molecular formula is C24H31N3O4S2. The molecule has 0 atom stereocenters. The van der Waals surface area contributed by atoms with Crippen LogP contribution in [0.25, 0.3) is 10.2 Å². The molecule has 0 spiro atoms. The van der Waals surface area contributed by atoms with E-state index in [9.17, 15) is 13.2 Å². The van der Waals surface area contributed by atoms with Crippen LogP contribution in [-0.2, 0) is 21.3 Å². The number of amides is 1. The van der Waals surface area contributed by atoms with Gasteiger partial charge in [-0.05, 0) is 56.2 Å². The number of carbonyl (C=O) groups excluding carboxylic acids is 1. The third-order valence-corrected chi connectivity index (χ3v) is 8.11. The fraction of sp³-hybridized carbons (Fsp3) is 0.417. The first-order chi connectivity index (χ1) is 15.9. The highest BCUT2D eigenvalue weighted by atomic mass is 32.2. The van der Waals surface area contributed by atoms with Crippen molar-refractivity contribution in [2.45, 2.75) is 45.1 Å². The monoisotopic (exact) mass is 489 g/mol. The van der Waals surface area contributed by atoms with E-state index in [1.165, 1.54) is 39.9 Å². The molecule has 1 amide bonds. The topological polar surface area (TPSA) is 81.0 Å². The van der Waals surface area contributed by atoms with Crippen LogP contribution in [-0.4, -0.2) is 49.5 Å². The average molecular weight is 490 g/mol. The highest BCUT2D eigenvalue weighted by Gasteiger charge is 2.23. The Kier molecular flexibility index (Phi) is 8.96. The number of sulfonamides is 1.